The second-order valence-electron chi connectivity index (χ2n) is 4.10. The Hall–Kier alpha value is -1.86. The molecule has 1 heterocycles. The summed E-state index contributed by atoms with van der Waals surface area (Å²) in [6.07, 6.45) is 0. The van der Waals surface area contributed by atoms with E-state index in [0.29, 0.717) is 19.7 Å². The number of rotatable bonds is 4. The first kappa shape index (κ1) is 11.6. The minimum absolute atomic E-state index is 0.00748. The van der Waals surface area contributed by atoms with E-state index in [4.69, 9.17) is 10.00 Å². The predicted molar refractivity (Wildman–Crippen MR) is 61.8 cm³/mol. The number of benzene rings is 1. The number of nitriles is 1. The lowest BCUT2D eigenvalue weighted by atomic mass is 10.0. The Labute approximate surface area is 100 Å². The van der Waals surface area contributed by atoms with Crippen molar-refractivity contribution in [3.8, 4) is 6.07 Å². The first-order valence-electron chi connectivity index (χ1n) is 5.58. The fourth-order valence-electron chi connectivity index (χ4n) is 1.69. The van der Waals surface area contributed by atoms with Gasteiger partial charge in [-0.2, -0.15) is 5.26 Å². The number of hydrogen-bond acceptors (Lipinski definition) is 3. The highest BCUT2D eigenvalue weighted by atomic mass is 16.5. The van der Waals surface area contributed by atoms with Crippen molar-refractivity contribution in [1.82, 2.24) is 4.90 Å². The molecule has 1 amide bonds. The summed E-state index contributed by atoms with van der Waals surface area (Å²) in [6.45, 7) is 1.63. The molecule has 0 bridgehead atoms. The smallest absolute Gasteiger partial charge is 0.248 e. The van der Waals surface area contributed by atoms with Crippen molar-refractivity contribution in [3.63, 3.8) is 0 Å². The summed E-state index contributed by atoms with van der Waals surface area (Å²) in [6, 6.07) is 11.9. The topological polar surface area (TPSA) is 53.3 Å². The molecule has 2 rings (SSSR count). The molecule has 0 aromatic heterocycles. The van der Waals surface area contributed by atoms with Crippen molar-refractivity contribution in [2.24, 2.45) is 5.92 Å². The van der Waals surface area contributed by atoms with Gasteiger partial charge in [0.1, 0.15) is 6.61 Å². The van der Waals surface area contributed by atoms with Crippen LogP contribution in [0.1, 0.15) is 5.56 Å². The van der Waals surface area contributed by atoms with Crippen LogP contribution in [-0.2, 0) is 16.1 Å². The number of likely N-dealkylation sites (tertiary alicyclic amines) is 1. The highest BCUT2D eigenvalue weighted by Gasteiger charge is 2.30. The lowest BCUT2D eigenvalue weighted by molar-refractivity contribution is -0.141. The SMILES string of the molecule is N#CC1CN(C(=O)COCc2ccccc2)C1. The van der Waals surface area contributed by atoms with Gasteiger partial charge in [-0.05, 0) is 5.56 Å². The normalized spacial score (nSPS) is 15.1. The number of hydrogen-bond donors (Lipinski definition) is 0. The van der Waals surface area contributed by atoms with Gasteiger partial charge < -0.3 is 9.64 Å². The number of carbonyl (C=O) groups excluding carboxylic acids is 1. The number of ether oxygens (including phenoxy) is 1. The molecule has 4 nitrogen and oxygen atoms in total. The van der Waals surface area contributed by atoms with Crippen LogP contribution in [0, 0.1) is 17.2 Å². The Balaban J connectivity index is 1.66. The minimum atomic E-state index is -0.0348. The Bertz CT molecular complexity index is 419. The van der Waals surface area contributed by atoms with Gasteiger partial charge in [-0.25, -0.2) is 0 Å². The van der Waals surface area contributed by atoms with E-state index < -0.39 is 0 Å². The first-order chi connectivity index (χ1) is 8.29. The molecule has 1 aromatic rings. The van der Waals surface area contributed by atoms with Gasteiger partial charge in [0.25, 0.3) is 0 Å². The maximum absolute atomic E-state index is 11.6. The van der Waals surface area contributed by atoms with E-state index in [2.05, 4.69) is 6.07 Å². The van der Waals surface area contributed by atoms with Gasteiger partial charge in [-0.3, -0.25) is 4.79 Å². The third-order valence-electron chi connectivity index (χ3n) is 2.75. The highest BCUT2D eigenvalue weighted by molar-refractivity contribution is 5.78. The van der Waals surface area contributed by atoms with Crippen LogP contribution in [0.2, 0.25) is 0 Å². The molecule has 0 aliphatic carbocycles. The van der Waals surface area contributed by atoms with Gasteiger partial charge >= 0.3 is 0 Å². The lowest BCUT2D eigenvalue weighted by Crippen LogP contribution is -2.50. The Kier molecular flexibility index (Phi) is 3.73. The van der Waals surface area contributed by atoms with Crippen molar-refractivity contribution in [2.75, 3.05) is 19.7 Å². The van der Waals surface area contributed by atoms with Crippen LogP contribution < -0.4 is 0 Å². The molecule has 88 valence electrons. The van der Waals surface area contributed by atoms with Crippen molar-refractivity contribution >= 4 is 5.91 Å². The molecule has 0 spiro atoms. The highest BCUT2D eigenvalue weighted by Crippen LogP contribution is 2.14. The summed E-state index contributed by atoms with van der Waals surface area (Å²) in [7, 11) is 0. The van der Waals surface area contributed by atoms with E-state index in [1.54, 1.807) is 4.90 Å². The zero-order valence-electron chi connectivity index (χ0n) is 9.50. The molecule has 1 fully saturated rings. The standard InChI is InChI=1S/C13H14N2O2/c14-6-12-7-15(8-12)13(16)10-17-9-11-4-2-1-3-5-11/h1-5,12H,7-10H2. The molecule has 0 radical (unpaired) electrons. The van der Waals surface area contributed by atoms with Crippen LogP contribution in [0.3, 0.4) is 0 Å². The third-order valence-corrected chi connectivity index (χ3v) is 2.75. The average Bonchev–Trinajstić information content (AvgIpc) is 2.29. The van der Waals surface area contributed by atoms with E-state index in [9.17, 15) is 4.79 Å². The van der Waals surface area contributed by atoms with Gasteiger partial charge in [0.15, 0.2) is 0 Å². The van der Waals surface area contributed by atoms with E-state index in [0.717, 1.165) is 5.56 Å². The summed E-state index contributed by atoms with van der Waals surface area (Å²) in [5.41, 5.74) is 1.05. The van der Waals surface area contributed by atoms with Crippen molar-refractivity contribution in [3.05, 3.63) is 35.9 Å². The average molecular weight is 230 g/mol. The minimum Gasteiger partial charge on any atom is -0.367 e. The molecule has 0 saturated carbocycles. The lowest BCUT2D eigenvalue weighted by Gasteiger charge is -2.35. The molecule has 0 atom stereocenters. The fraction of sp³-hybridized carbons (Fsp3) is 0.385. The summed E-state index contributed by atoms with van der Waals surface area (Å²) >= 11 is 0. The monoisotopic (exact) mass is 230 g/mol. The Morgan fingerprint density at radius 1 is 1.41 bits per heavy atom. The molecule has 1 aliphatic heterocycles. The molecule has 0 unspecified atom stereocenters. The van der Waals surface area contributed by atoms with Gasteiger partial charge in [0.05, 0.1) is 18.6 Å². The van der Waals surface area contributed by atoms with Gasteiger partial charge in [0.2, 0.25) is 5.91 Å². The van der Waals surface area contributed by atoms with E-state index in [1.807, 2.05) is 30.3 Å². The van der Waals surface area contributed by atoms with Crippen LogP contribution in [0.15, 0.2) is 30.3 Å². The molecule has 4 heteroatoms. The summed E-state index contributed by atoms with van der Waals surface area (Å²) in [5, 5.41) is 8.59. The number of amides is 1. The molecule has 1 aromatic carbocycles. The van der Waals surface area contributed by atoms with Crippen LogP contribution in [0.4, 0.5) is 0 Å². The quantitative estimate of drug-likeness (QED) is 0.780. The summed E-state index contributed by atoms with van der Waals surface area (Å²) in [5.74, 6) is -0.0273. The zero-order chi connectivity index (χ0) is 12.1. The number of carbonyl (C=O) groups is 1. The molecular formula is C13H14N2O2. The molecule has 0 N–H and O–H groups in total. The third kappa shape index (κ3) is 3.05. The van der Waals surface area contributed by atoms with Crippen LogP contribution in [0.5, 0.6) is 0 Å². The van der Waals surface area contributed by atoms with Gasteiger partial charge in [-0.1, -0.05) is 30.3 Å². The maximum Gasteiger partial charge on any atom is 0.248 e. The van der Waals surface area contributed by atoms with Crippen molar-refractivity contribution in [1.29, 1.82) is 5.26 Å². The predicted octanol–water partition coefficient (Wildman–Crippen LogP) is 1.19. The molecule has 1 aliphatic rings. The van der Waals surface area contributed by atoms with Crippen molar-refractivity contribution < 1.29 is 9.53 Å². The van der Waals surface area contributed by atoms with E-state index in [-0.39, 0.29) is 18.4 Å². The van der Waals surface area contributed by atoms with Crippen LogP contribution in [0.25, 0.3) is 0 Å². The fourth-order valence-corrected chi connectivity index (χ4v) is 1.69. The summed E-state index contributed by atoms with van der Waals surface area (Å²) in [4.78, 5) is 13.2. The maximum atomic E-state index is 11.6. The largest absolute Gasteiger partial charge is 0.367 e. The molecular weight excluding hydrogens is 216 g/mol. The second kappa shape index (κ2) is 5.46. The zero-order valence-corrected chi connectivity index (χ0v) is 9.50. The number of nitrogens with zero attached hydrogens (tertiary/aromatic N) is 2. The van der Waals surface area contributed by atoms with Crippen LogP contribution in [-0.4, -0.2) is 30.5 Å². The van der Waals surface area contributed by atoms with Gasteiger partial charge in [0, 0.05) is 13.1 Å². The van der Waals surface area contributed by atoms with E-state index >= 15 is 0 Å². The Morgan fingerprint density at radius 2 is 2.12 bits per heavy atom. The summed E-state index contributed by atoms with van der Waals surface area (Å²) < 4.78 is 5.33. The second-order valence-corrected chi connectivity index (χ2v) is 4.10. The van der Waals surface area contributed by atoms with Crippen molar-refractivity contribution in [2.45, 2.75) is 6.61 Å². The molecule has 1 saturated heterocycles. The van der Waals surface area contributed by atoms with Gasteiger partial charge in [-0.15, -0.1) is 0 Å². The van der Waals surface area contributed by atoms with Crippen LogP contribution >= 0.6 is 0 Å². The Morgan fingerprint density at radius 3 is 2.76 bits per heavy atom. The molecule has 17 heavy (non-hydrogen) atoms. The first-order valence-corrected chi connectivity index (χ1v) is 5.58. The van der Waals surface area contributed by atoms with E-state index in [1.165, 1.54) is 0 Å².